The second-order valence-electron chi connectivity index (χ2n) is 3.13. The Hall–Kier alpha value is -1.28. The fourth-order valence-corrected chi connectivity index (χ4v) is 1.24. The minimum atomic E-state index is 0.572. The third kappa shape index (κ3) is 2.10. The predicted molar refractivity (Wildman–Crippen MR) is 58.4 cm³/mol. The molecule has 1 aromatic rings. The van der Waals surface area contributed by atoms with Gasteiger partial charge >= 0.3 is 0 Å². The molecule has 70 valence electrons. The van der Waals surface area contributed by atoms with Crippen LogP contribution in [0.5, 0.6) is 0 Å². The zero-order valence-electron chi connectivity index (χ0n) is 8.17. The Morgan fingerprint density at radius 2 is 1.92 bits per heavy atom. The third-order valence-corrected chi connectivity index (χ3v) is 2.30. The van der Waals surface area contributed by atoms with E-state index in [4.69, 9.17) is 11.5 Å². The third-order valence-electron chi connectivity index (χ3n) is 2.30. The van der Waals surface area contributed by atoms with Gasteiger partial charge in [0.15, 0.2) is 0 Å². The van der Waals surface area contributed by atoms with E-state index in [0.29, 0.717) is 6.54 Å². The predicted octanol–water partition coefficient (Wildman–Crippen LogP) is 1.86. The number of nitrogen functional groups attached to an aromatic ring is 1. The van der Waals surface area contributed by atoms with Crippen molar-refractivity contribution in [2.24, 2.45) is 5.73 Å². The topological polar surface area (TPSA) is 52.0 Å². The first-order valence-corrected chi connectivity index (χ1v) is 4.39. The first-order chi connectivity index (χ1) is 6.16. The van der Waals surface area contributed by atoms with Gasteiger partial charge in [0, 0.05) is 12.2 Å². The molecule has 2 heteroatoms. The quantitative estimate of drug-likeness (QED) is 0.676. The number of nitrogens with two attached hydrogens (primary N) is 2. The lowest BCUT2D eigenvalue weighted by atomic mass is 10.0. The van der Waals surface area contributed by atoms with Gasteiger partial charge in [-0.2, -0.15) is 0 Å². The maximum Gasteiger partial charge on any atom is 0.0346 e. The van der Waals surface area contributed by atoms with Crippen molar-refractivity contribution in [1.29, 1.82) is 0 Å². The summed E-state index contributed by atoms with van der Waals surface area (Å²) in [4.78, 5) is 0. The second kappa shape index (κ2) is 4.10. The molecule has 4 N–H and O–H groups in total. The van der Waals surface area contributed by atoms with Gasteiger partial charge in [-0.3, -0.25) is 0 Å². The highest BCUT2D eigenvalue weighted by Crippen LogP contribution is 2.20. The van der Waals surface area contributed by atoms with Gasteiger partial charge in [0.1, 0.15) is 0 Å². The van der Waals surface area contributed by atoms with Crippen molar-refractivity contribution in [1.82, 2.24) is 0 Å². The Bertz CT molecular complexity index is 327. The fourth-order valence-electron chi connectivity index (χ4n) is 1.24. The first kappa shape index (κ1) is 9.81. The van der Waals surface area contributed by atoms with Crippen LogP contribution in [0.4, 0.5) is 5.69 Å². The van der Waals surface area contributed by atoms with Crippen molar-refractivity contribution < 1.29 is 0 Å². The lowest BCUT2D eigenvalue weighted by molar-refractivity contribution is 1.26. The summed E-state index contributed by atoms with van der Waals surface area (Å²) < 4.78 is 0. The minimum Gasteiger partial charge on any atom is -0.399 e. The van der Waals surface area contributed by atoms with Crippen LogP contribution in [0.3, 0.4) is 0 Å². The van der Waals surface area contributed by atoms with E-state index in [1.165, 1.54) is 11.1 Å². The Balaban J connectivity index is 3.11. The van der Waals surface area contributed by atoms with Crippen LogP contribution in [0, 0.1) is 13.8 Å². The summed E-state index contributed by atoms with van der Waals surface area (Å²) >= 11 is 0. The summed E-state index contributed by atoms with van der Waals surface area (Å²) in [5, 5.41) is 0. The molecule has 0 aliphatic heterocycles. The maximum absolute atomic E-state index is 5.77. The van der Waals surface area contributed by atoms with Gasteiger partial charge in [-0.1, -0.05) is 18.2 Å². The fraction of sp³-hybridized carbons (Fsp3) is 0.273. The van der Waals surface area contributed by atoms with Crippen LogP contribution in [0.25, 0.3) is 6.08 Å². The summed E-state index contributed by atoms with van der Waals surface area (Å²) in [6, 6.07) is 3.95. The number of hydrogen-bond acceptors (Lipinski definition) is 2. The van der Waals surface area contributed by atoms with Crippen LogP contribution in [-0.4, -0.2) is 6.54 Å². The second-order valence-corrected chi connectivity index (χ2v) is 3.13. The smallest absolute Gasteiger partial charge is 0.0346 e. The normalized spacial score (nSPS) is 11.0. The molecule has 1 rings (SSSR count). The van der Waals surface area contributed by atoms with Crippen LogP contribution < -0.4 is 11.5 Å². The van der Waals surface area contributed by atoms with E-state index < -0.39 is 0 Å². The first-order valence-electron chi connectivity index (χ1n) is 4.39. The van der Waals surface area contributed by atoms with Crippen molar-refractivity contribution >= 4 is 11.8 Å². The van der Waals surface area contributed by atoms with E-state index in [1.54, 1.807) is 0 Å². The number of anilines is 1. The molecular weight excluding hydrogens is 160 g/mol. The number of rotatable bonds is 2. The number of benzene rings is 1. The van der Waals surface area contributed by atoms with E-state index in [2.05, 4.69) is 6.92 Å². The molecule has 0 aliphatic carbocycles. The van der Waals surface area contributed by atoms with Crippen molar-refractivity contribution in [2.75, 3.05) is 12.3 Å². The van der Waals surface area contributed by atoms with Gasteiger partial charge in [0.05, 0.1) is 0 Å². The lowest BCUT2D eigenvalue weighted by Crippen LogP contribution is -1.95. The highest BCUT2D eigenvalue weighted by Gasteiger charge is 2.00. The van der Waals surface area contributed by atoms with Gasteiger partial charge < -0.3 is 11.5 Å². The van der Waals surface area contributed by atoms with Crippen LogP contribution >= 0.6 is 0 Å². The van der Waals surface area contributed by atoms with Gasteiger partial charge in [0.2, 0.25) is 0 Å². The Morgan fingerprint density at radius 3 is 2.54 bits per heavy atom. The molecule has 0 spiro atoms. The van der Waals surface area contributed by atoms with Crippen LogP contribution in [-0.2, 0) is 0 Å². The SMILES string of the molecule is Cc1c(N)ccc(C=CCN)c1C. The van der Waals surface area contributed by atoms with Crippen LogP contribution in [0.2, 0.25) is 0 Å². The maximum atomic E-state index is 5.77. The van der Waals surface area contributed by atoms with E-state index >= 15 is 0 Å². The molecular formula is C11H16N2. The zero-order chi connectivity index (χ0) is 9.84. The average molecular weight is 176 g/mol. The zero-order valence-corrected chi connectivity index (χ0v) is 8.17. The van der Waals surface area contributed by atoms with Crippen LogP contribution in [0.1, 0.15) is 16.7 Å². The van der Waals surface area contributed by atoms with Gasteiger partial charge in [-0.25, -0.2) is 0 Å². The summed E-state index contributed by atoms with van der Waals surface area (Å²) in [6.45, 7) is 4.68. The summed E-state index contributed by atoms with van der Waals surface area (Å²) in [7, 11) is 0. The van der Waals surface area contributed by atoms with Gasteiger partial charge in [-0.05, 0) is 36.6 Å². The van der Waals surface area contributed by atoms with Crippen molar-refractivity contribution in [3.63, 3.8) is 0 Å². The summed E-state index contributed by atoms with van der Waals surface area (Å²) in [5.41, 5.74) is 15.6. The van der Waals surface area contributed by atoms with Crippen LogP contribution in [0.15, 0.2) is 18.2 Å². The Kier molecular flexibility index (Phi) is 3.09. The minimum absolute atomic E-state index is 0.572. The van der Waals surface area contributed by atoms with E-state index in [-0.39, 0.29) is 0 Å². The van der Waals surface area contributed by atoms with Crippen molar-refractivity contribution in [3.8, 4) is 0 Å². The summed E-state index contributed by atoms with van der Waals surface area (Å²) in [5.74, 6) is 0. The summed E-state index contributed by atoms with van der Waals surface area (Å²) in [6.07, 6.45) is 3.97. The highest BCUT2D eigenvalue weighted by atomic mass is 14.6. The van der Waals surface area contributed by atoms with Crippen molar-refractivity contribution in [2.45, 2.75) is 13.8 Å². The largest absolute Gasteiger partial charge is 0.399 e. The lowest BCUT2D eigenvalue weighted by Gasteiger charge is -2.07. The molecule has 0 bridgehead atoms. The molecule has 1 aromatic carbocycles. The molecule has 0 aromatic heterocycles. The highest BCUT2D eigenvalue weighted by molar-refractivity contribution is 5.62. The molecule has 0 fully saturated rings. The molecule has 0 saturated carbocycles. The standard InChI is InChI=1S/C11H16N2/c1-8-9(2)11(13)6-5-10(8)4-3-7-12/h3-6H,7,12-13H2,1-2H3. The molecule has 13 heavy (non-hydrogen) atoms. The van der Waals surface area contributed by atoms with E-state index in [0.717, 1.165) is 11.3 Å². The molecule has 2 nitrogen and oxygen atoms in total. The van der Waals surface area contributed by atoms with Crippen molar-refractivity contribution in [3.05, 3.63) is 34.9 Å². The Labute approximate surface area is 79.2 Å². The average Bonchev–Trinajstić information content (AvgIpc) is 2.13. The molecule has 0 amide bonds. The molecule has 0 saturated heterocycles. The molecule has 0 unspecified atom stereocenters. The monoisotopic (exact) mass is 176 g/mol. The van der Waals surface area contributed by atoms with Gasteiger partial charge in [-0.15, -0.1) is 0 Å². The molecule has 0 aliphatic rings. The van der Waals surface area contributed by atoms with Gasteiger partial charge in [0.25, 0.3) is 0 Å². The van der Waals surface area contributed by atoms with E-state index in [9.17, 15) is 0 Å². The number of hydrogen-bond donors (Lipinski definition) is 2. The Morgan fingerprint density at radius 1 is 1.23 bits per heavy atom. The molecule has 0 atom stereocenters. The molecule has 0 heterocycles. The van der Waals surface area contributed by atoms with E-state index in [1.807, 2.05) is 31.2 Å². The molecule has 0 radical (unpaired) electrons.